The predicted octanol–water partition coefficient (Wildman–Crippen LogP) is 4.38. The first-order valence-electron chi connectivity index (χ1n) is 6.81. The van der Waals surface area contributed by atoms with Gasteiger partial charge >= 0.3 is 0 Å². The molecule has 0 spiro atoms. The molecule has 0 bridgehead atoms. The fraction of sp³-hybridized carbons (Fsp3) is 0.333. The summed E-state index contributed by atoms with van der Waals surface area (Å²) >= 11 is 0. The number of benzene rings is 2. The second-order valence-electron chi connectivity index (χ2n) is 6.41. The molecule has 0 aliphatic rings. The fourth-order valence-corrected chi connectivity index (χ4v) is 2.24. The quantitative estimate of drug-likeness (QED) is 0.860. The third kappa shape index (κ3) is 2.91. The van der Waals surface area contributed by atoms with Crippen LogP contribution in [-0.2, 0) is 11.0 Å². The molecule has 0 radical (unpaired) electrons. The maximum Gasteiger partial charge on any atom is 0.123 e. The van der Waals surface area contributed by atoms with Gasteiger partial charge in [0.05, 0.1) is 0 Å². The van der Waals surface area contributed by atoms with E-state index in [0.717, 1.165) is 5.56 Å². The van der Waals surface area contributed by atoms with E-state index in [1.165, 1.54) is 17.7 Å². The summed E-state index contributed by atoms with van der Waals surface area (Å²) in [6, 6.07) is 13.9. The molecule has 0 heterocycles. The van der Waals surface area contributed by atoms with Crippen LogP contribution in [0.2, 0.25) is 0 Å². The average Bonchev–Trinajstić information content (AvgIpc) is 2.38. The van der Waals surface area contributed by atoms with Crippen LogP contribution in [0.1, 0.15) is 44.4 Å². The summed E-state index contributed by atoms with van der Waals surface area (Å²) in [4.78, 5) is 0. The molecule has 1 N–H and O–H groups in total. The Morgan fingerprint density at radius 2 is 1.05 bits per heavy atom. The van der Waals surface area contributed by atoms with Crippen molar-refractivity contribution in [2.45, 2.75) is 38.7 Å². The van der Waals surface area contributed by atoms with Gasteiger partial charge in [-0.25, -0.2) is 4.39 Å². The van der Waals surface area contributed by atoms with Crippen molar-refractivity contribution in [3.63, 3.8) is 0 Å². The second-order valence-corrected chi connectivity index (χ2v) is 6.41. The predicted molar refractivity (Wildman–Crippen MR) is 80.2 cm³/mol. The molecule has 0 saturated heterocycles. The highest BCUT2D eigenvalue weighted by molar-refractivity contribution is 5.37. The highest BCUT2D eigenvalue weighted by Gasteiger charge is 2.26. The van der Waals surface area contributed by atoms with E-state index in [2.05, 4.69) is 20.8 Å². The lowest BCUT2D eigenvalue weighted by atomic mass is 9.83. The summed E-state index contributed by atoms with van der Waals surface area (Å²) in [5.41, 5.74) is 1.67. The number of halogens is 1. The molecule has 0 saturated carbocycles. The van der Waals surface area contributed by atoms with Gasteiger partial charge in [0.25, 0.3) is 0 Å². The molecule has 2 heteroatoms. The van der Waals surface area contributed by atoms with E-state index < -0.39 is 5.60 Å². The minimum absolute atomic E-state index is 0.0836. The van der Waals surface area contributed by atoms with Gasteiger partial charge in [-0.3, -0.25) is 0 Å². The smallest absolute Gasteiger partial charge is 0.123 e. The second kappa shape index (κ2) is 5.02. The van der Waals surface area contributed by atoms with E-state index in [4.69, 9.17) is 0 Å². The summed E-state index contributed by atoms with van der Waals surface area (Å²) in [7, 11) is 0. The average molecular weight is 272 g/mol. The van der Waals surface area contributed by atoms with Gasteiger partial charge in [0.2, 0.25) is 0 Å². The summed E-state index contributed by atoms with van der Waals surface area (Å²) in [5, 5.41) is 10.7. The molecule has 0 aromatic heterocycles. The molecule has 0 aliphatic carbocycles. The summed E-state index contributed by atoms with van der Waals surface area (Å²) < 4.78 is 13.0. The molecular formula is C18H21FO. The van der Waals surface area contributed by atoms with Crippen LogP contribution in [0, 0.1) is 5.82 Å². The molecular weight excluding hydrogens is 251 g/mol. The molecule has 2 aromatic rings. The molecule has 0 aliphatic heterocycles. The SMILES string of the molecule is CC(C)(C)c1ccc(C(C)(O)c2ccc(F)cc2)cc1. The highest BCUT2D eigenvalue weighted by atomic mass is 19.1. The third-order valence-electron chi connectivity index (χ3n) is 3.72. The first kappa shape index (κ1) is 14.7. The van der Waals surface area contributed by atoms with E-state index in [1.807, 2.05) is 24.3 Å². The minimum Gasteiger partial charge on any atom is -0.381 e. The van der Waals surface area contributed by atoms with Crippen LogP contribution < -0.4 is 0 Å². The van der Waals surface area contributed by atoms with Crippen LogP contribution in [0.5, 0.6) is 0 Å². The van der Waals surface area contributed by atoms with Gasteiger partial charge in [0, 0.05) is 0 Å². The van der Waals surface area contributed by atoms with Crippen molar-refractivity contribution >= 4 is 0 Å². The highest BCUT2D eigenvalue weighted by Crippen LogP contribution is 2.31. The lowest BCUT2D eigenvalue weighted by Crippen LogP contribution is -2.23. The first-order chi connectivity index (χ1) is 9.21. The number of hydrogen-bond acceptors (Lipinski definition) is 1. The lowest BCUT2D eigenvalue weighted by molar-refractivity contribution is 0.102. The Labute approximate surface area is 120 Å². The number of rotatable bonds is 2. The molecule has 106 valence electrons. The van der Waals surface area contributed by atoms with E-state index in [0.29, 0.717) is 5.56 Å². The van der Waals surface area contributed by atoms with Crippen LogP contribution >= 0.6 is 0 Å². The van der Waals surface area contributed by atoms with Crippen LogP contribution in [-0.4, -0.2) is 5.11 Å². The molecule has 2 aromatic carbocycles. The molecule has 2 rings (SSSR count). The molecule has 0 amide bonds. The van der Waals surface area contributed by atoms with Crippen LogP contribution in [0.3, 0.4) is 0 Å². The monoisotopic (exact) mass is 272 g/mol. The topological polar surface area (TPSA) is 20.2 Å². The van der Waals surface area contributed by atoms with Crippen molar-refractivity contribution in [2.24, 2.45) is 0 Å². The largest absolute Gasteiger partial charge is 0.381 e. The molecule has 0 fully saturated rings. The van der Waals surface area contributed by atoms with Gasteiger partial charge in [-0.1, -0.05) is 57.2 Å². The molecule has 20 heavy (non-hydrogen) atoms. The molecule has 1 atom stereocenters. The van der Waals surface area contributed by atoms with Gasteiger partial charge in [0.1, 0.15) is 11.4 Å². The summed E-state index contributed by atoms with van der Waals surface area (Å²) in [6.07, 6.45) is 0. The Bertz CT molecular complexity index is 574. The fourth-order valence-electron chi connectivity index (χ4n) is 2.24. The van der Waals surface area contributed by atoms with E-state index in [9.17, 15) is 9.50 Å². The van der Waals surface area contributed by atoms with E-state index in [1.54, 1.807) is 19.1 Å². The van der Waals surface area contributed by atoms with Gasteiger partial charge in [-0.15, -0.1) is 0 Å². The van der Waals surface area contributed by atoms with Crippen molar-refractivity contribution in [2.75, 3.05) is 0 Å². The summed E-state index contributed by atoms with van der Waals surface area (Å²) in [6.45, 7) is 8.19. The minimum atomic E-state index is -1.12. The Hall–Kier alpha value is -1.67. The van der Waals surface area contributed by atoms with Gasteiger partial charge < -0.3 is 5.11 Å². The van der Waals surface area contributed by atoms with Crippen LogP contribution in [0.25, 0.3) is 0 Å². The molecule has 1 nitrogen and oxygen atoms in total. The van der Waals surface area contributed by atoms with Gasteiger partial charge in [0.15, 0.2) is 0 Å². The maximum absolute atomic E-state index is 13.0. The normalized spacial score (nSPS) is 14.9. The van der Waals surface area contributed by atoms with Crippen molar-refractivity contribution in [3.05, 3.63) is 71.0 Å². The van der Waals surface area contributed by atoms with Gasteiger partial charge in [-0.2, -0.15) is 0 Å². The Morgan fingerprint density at radius 3 is 1.45 bits per heavy atom. The zero-order valence-corrected chi connectivity index (χ0v) is 12.4. The maximum atomic E-state index is 13.0. The van der Waals surface area contributed by atoms with E-state index in [-0.39, 0.29) is 11.2 Å². The third-order valence-corrected chi connectivity index (χ3v) is 3.72. The Kier molecular flexibility index (Phi) is 3.70. The van der Waals surface area contributed by atoms with Gasteiger partial charge in [-0.05, 0) is 41.2 Å². The van der Waals surface area contributed by atoms with Crippen molar-refractivity contribution in [3.8, 4) is 0 Å². The first-order valence-corrected chi connectivity index (χ1v) is 6.81. The Balaban J connectivity index is 2.37. The zero-order chi connectivity index (χ0) is 15.0. The standard InChI is InChI=1S/C18H21FO/c1-17(2,3)13-5-7-14(8-6-13)18(4,20)15-9-11-16(19)12-10-15/h5-12,20H,1-4H3. The van der Waals surface area contributed by atoms with Crippen molar-refractivity contribution < 1.29 is 9.50 Å². The number of hydrogen-bond donors (Lipinski definition) is 1. The van der Waals surface area contributed by atoms with E-state index >= 15 is 0 Å². The Morgan fingerprint density at radius 1 is 0.700 bits per heavy atom. The molecule has 1 unspecified atom stereocenters. The van der Waals surface area contributed by atoms with Crippen LogP contribution in [0.4, 0.5) is 4.39 Å². The number of aliphatic hydroxyl groups is 1. The van der Waals surface area contributed by atoms with Crippen molar-refractivity contribution in [1.29, 1.82) is 0 Å². The van der Waals surface area contributed by atoms with Crippen molar-refractivity contribution in [1.82, 2.24) is 0 Å². The van der Waals surface area contributed by atoms with Crippen LogP contribution in [0.15, 0.2) is 48.5 Å². The zero-order valence-electron chi connectivity index (χ0n) is 12.4. The summed E-state index contributed by atoms with van der Waals surface area (Å²) in [5.74, 6) is -0.298. The lowest BCUT2D eigenvalue weighted by Gasteiger charge is -2.26.